The first kappa shape index (κ1) is 6.07. The summed E-state index contributed by atoms with van der Waals surface area (Å²) in [5.74, 6) is 0. The summed E-state index contributed by atoms with van der Waals surface area (Å²) in [5.41, 5.74) is 6.93. The van der Waals surface area contributed by atoms with Crippen LogP contribution < -0.4 is 16.4 Å². The largest absolute Gasteiger partial charge is 0.397 e. The fraction of sp³-hybridized carbons (Fsp3) is 0.200. The Balaban J connectivity index is 3.44. The molecule has 3 nitrogen and oxygen atoms in total. The second-order valence-electron chi connectivity index (χ2n) is 1.99. The van der Waals surface area contributed by atoms with Gasteiger partial charge in [-0.2, -0.15) is 0 Å². The summed E-state index contributed by atoms with van der Waals surface area (Å²) in [6.45, 7) is 1.87. The molecule has 4 heteroatoms. The van der Waals surface area contributed by atoms with E-state index >= 15 is 0 Å². The fourth-order valence-corrected chi connectivity index (χ4v) is 0.847. The first-order valence-electron chi connectivity index (χ1n) is 2.71. The minimum atomic E-state index is 0.384. The minimum Gasteiger partial charge on any atom is -0.397 e. The monoisotopic (exact) mass is 121 g/mol. The molecule has 0 aliphatic heterocycles. The molecule has 0 saturated carbocycles. The maximum Gasteiger partial charge on any atom is 0.245 e. The van der Waals surface area contributed by atoms with Gasteiger partial charge >= 0.3 is 0 Å². The summed E-state index contributed by atoms with van der Waals surface area (Å²) < 4.78 is 0. The Labute approximate surface area is 53.9 Å². The second kappa shape index (κ2) is 1.72. The van der Waals surface area contributed by atoms with E-state index < -0.39 is 0 Å². The van der Waals surface area contributed by atoms with Crippen LogP contribution >= 0.6 is 0 Å². The van der Waals surface area contributed by atoms with Crippen molar-refractivity contribution in [3.05, 3.63) is 16.3 Å². The molecular weight excluding hydrogens is 113 g/mol. The highest BCUT2D eigenvalue weighted by Gasteiger charge is 2.04. The van der Waals surface area contributed by atoms with Crippen LogP contribution in [0.2, 0.25) is 0 Å². The van der Waals surface area contributed by atoms with Gasteiger partial charge in [0.2, 0.25) is 7.98 Å². The van der Waals surface area contributed by atoms with Gasteiger partial charge in [0.05, 0.1) is 11.0 Å². The van der Waals surface area contributed by atoms with Gasteiger partial charge in [-0.25, -0.2) is 0 Å². The van der Waals surface area contributed by atoms with Gasteiger partial charge in [-0.05, 0) is 6.92 Å². The molecule has 0 unspecified atom stereocenters. The molecule has 0 heterocycles. The van der Waals surface area contributed by atoms with Crippen LogP contribution in [0.15, 0.2) is 4.90 Å². The van der Waals surface area contributed by atoms with E-state index in [1.165, 1.54) is 0 Å². The van der Waals surface area contributed by atoms with Crippen molar-refractivity contribution in [2.75, 3.05) is 5.73 Å². The second-order valence-corrected chi connectivity index (χ2v) is 1.99. The van der Waals surface area contributed by atoms with Crippen LogP contribution in [0.25, 0.3) is 0 Å². The zero-order valence-corrected chi connectivity index (χ0v) is 5.52. The molecule has 0 spiro atoms. The highest BCUT2D eigenvalue weighted by molar-refractivity contribution is 6.05. The maximum atomic E-state index is 7.21. The fourth-order valence-electron chi connectivity index (χ4n) is 0.847. The number of nitrogen functional groups attached to an aromatic ring is 1. The summed E-state index contributed by atoms with van der Waals surface area (Å²) in [6, 6.07) is 0. The van der Waals surface area contributed by atoms with E-state index in [9.17, 15) is 0 Å². The Hall–Kier alpha value is -1.06. The SMILES string of the molecule is BN=c1c(C)c(N)c1=N. The van der Waals surface area contributed by atoms with Crippen LogP contribution in [0.1, 0.15) is 5.56 Å². The molecule has 0 atom stereocenters. The molecule has 0 aromatic heterocycles. The van der Waals surface area contributed by atoms with Crippen LogP contribution in [0, 0.1) is 12.3 Å². The maximum absolute atomic E-state index is 7.21. The molecule has 46 valence electrons. The molecule has 0 fully saturated rings. The quantitative estimate of drug-likeness (QED) is 0.398. The number of anilines is 1. The summed E-state index contributed by atoms with van der Waals surface area (Å²) in [6.07, 6.45) is 0. The summed E-state index contributed by atoms with van der Waals surface area (Å²) in [5, 5.41) is 8.34. The first-order valence-corrected chi connectivity index (χ1v) is 2.71. The molecule has 9 heavy (non-hydrogen) atoms. The van der Waals surface area contributed by atoms with E-state index in [-0.39, 0.29) is 0 Å². The van der Waals surface area contributed by atoms with E-state index in [1.807, 2.05) is 6.92 Å². The van der Waals surface area contributed by atoms with Gasteiger partial charge in [-0.1, -0.05) is 0 Å². The van der Waals surface area contributed by atoms with Crippen molar-refractivity contribution in [3.63, 3.8) is 0 Å². The number of nitrogens with two attached hydrogens (primary N) is 1. The predicted molar refractivity (Wildman–Crippen MR) is 37.9 cm³/mol. The van der Waals surface area contributed by atoms with E-state index in [2.05, 4.69) is 4.90 Å². The molecule has 0 amide bonds. The Morgan fingerprint density at radius 2 is 2.22 bits per heavy atom. The third kappa shape index (κ3) is 0.591. The lowest BCUT2D eigenvalue weighted by Crippen LogP contribution is -2.38. The molecular formula is C5H8BN3. The number of nitrogens with one attached hydrogen (secondary N) is 1. The molecule has 1 aromatic carbocycles. The van der Waals surface area contributed by atoms with Gasteiger partial charge in [0, 0.05) is 5.56 Å². The van der Waals surface area contributed by atoms with Crippen molar-refractivity contribution in [2.45, 2.75) is 6.92 Å². The average Bonchev–Trinajstić information content (AvgIpc) is 1.89. The van der Waals surface area contributed by atoms with Crippen LogP contribution in [0.3, 0.4) is 0 Å². The Kier molecular flexibility index (Phi) is 1.16. The lowest BCUT2D eigenvalue weighted by molar-refractivity contribution is 1.12. The normalized spacial score (nSPS) is 12.8. The summed E-state index contributed by atoms with van der Waals surface area (Å²) >= 11 is 0. The number of rotatable bonds is 0. The minimum absolute atomic E-state index is 0.384. The van der Waals surface area contributed by atoms with Crippen molar-refractivity contribution in [1.82, 2.24) is 0 Å². The zero-order chi connectivity index (χ0) is 7.02. The molecule has 0 radical (unpaired) electrons. The smallest absolute Gasteiger partial charge is 0.245 e. The topological polar surface area (TPSA) is 62.2 Å². The van der Waals surface area contributed by atoms with Crippen LogP contribution in [0.5, 0.6) is 0 Å². The van der Waals surface area contributed by atoms with Gasteiger partial charge in [0.25, 0.3) is 0 Å². The van der Waals surface area contributed by atoms with E-state index in [1.54, 1.807) is 7.98 Å². The van der Waals surface area contributed by atoms with Gasteiger partial charge < -0.3 is 10.6 Å². The van der Waals surface area contributed by atoms with Crippen molar-refractivity contribution in [2.24, 2.45) is 4.90 Å². The Morgan fingerprint density at radius 1 is 1.67 bits per heavy atom. The van der Waals surface area contributed by atoms with E-state index in [0.717, 1.165) is 10.9 Å². The van der Waals surface area contributed by atoms with Crippen LogP contribution in [-0.4, -0.2) is 7.98 Å². The van der Waals surface area contributed by atoms with Gasteiger partial charge in [0.1, 0.15) is 5.36 Å². The van der Waals surface area contributed by atoms with Crippen molar-refractivity contribution in [3.8, 4) is 0 Å². The van der Waals surface area contributed by atoms with Crippen LogP contribution in [0.4, 0.5) is 5.69 Å². The van der Waals surface area contributed by atoms with Crippen molar-refractivity contribution >= 4 is 13.7 Å². The van der Waals surface area contributed by atoms with Crippen molar-refractivity contribution < 1.29 is 0 Å². The summed E-state index contributed by atoms with van der Waals surface area (Å²) in [4.78, 5) is 3.86. The lowest BCUT2D eigenvalue weighted by Gasteiger charge is -2.03. The Morgan fingerprint density at radius 3 is 2.44 bits per heavy atom. The molecule has 1 rings (SSSR count). The number of nitrogens with zero attached hydrogens (tertiary/aromatic N) is 1. The average molecular weight is 121 g/mol. The molecule has 1 aromatic rings. The molecule has 0 aliphatic carbocycles. The molecule has 0 aliphatic rings. The highest BCUT2D eigenvalue weighted by Crippen LogP contribution is 1.96. The van der Waals surface area contributed by atoms with Gasteiger partial charge in [-0.15, -0.1) is 0 Å². The molecule has 3 N–H and O–H groups in total. The van der Waals surface area contributed by atoms with E-state index in [0.29, 0.717) is 11.0 Å². The first-order chi connectivity index (χ1) is 4.18. The third-order valence-electron chi connectivity index (χ3n) is 1.49. The van der Waals surface area contributed by atoms with Gasteiger partial charge in [0.15, 0.2) is 0 Å². The number of hydrogen-bond donors (Lipinski definition) is 2. The van der Waals surface area contributed by atoms with Crippen LogP contribution in [-0.2, 0) is 0 Å². The number of hydrogen-bond acceptors (Lipinski definition) is 3. The lowest BCUT2D eigenvalue weighted by atomic mass is 10.1. The summed E-state index contributed by atoms with van der Waals surface area (Å²) in [7, 11) is 1.67. The van der Waals surface area contributed by atoms with Gasteiger partial charge in [-0.3, -0.25) is 5.41 Å². The molecule has 0 saturated heterocycles. The Bertz CT molecular complexity index is 306. The standard InChI is InChI=1S/C5H8BN3/c1-2-3(7)4(8)5(2)9-6/h8H,6-7H2,1H3. The zero-order valence-electron chi connectivity index (χ0n) is 5.52. The van der Waals surface area contributed by atoms with Crippen molar-refractivity contribution in [1.29, 1.82) is 5.41 Å². The third-order valence-corrected chi connectivity index (χ3v) is 1.49. The van der Waals surface area contributed by atoms with E-state index in [4.69, 9.17) is 11.1 Å². The molecule has 0 bridgehead atoms. The predicted octanol–water partition coefficient (Wildman–Crippen LogP) is -1.62. The highest BCUT2D eigenvalue weighted by atomic mass is 14.7.